The fourth-order valence-electron chi connectivity index (χ4n) is 2.95. The molecule has 0 saturated carbocycles. The Kier molecular flexibility index (Phi) is 5.59. The molecule has 105 valence electrons. The summed E-state index contributed by atoms with van der Waals surface area (Å²) in [6.07, 6.45) is 1.99. The van der Waals surface area contributed by atoms with Gasteiger partial charge >= 0.3 is 0 Å². The minimum absolute atomic E-state index is 0. The molecule has 2 aromatic carbocycles. The Hall–Kier alpha value is -0.696. The van der Waals surface area contributed by atoms with Gasteiger partial charge in [-0.2, -0.15) is 0 Å². The molecule has 0 fully saturated rings. The van der Waals surface area contributed by atoms with Crippen molar-refractivity contribution in [1.82, 2.24) is 0 Å². The van der Waals surface area contributed by atoms with E-state index < -0.39 is 0 Å². The molecule has 0 aromatic heterocycles. The molecule has 0 saturated heterocycles. The molecule has 0 aliphatic heterocycles. The topological polar surface area (TPSA) is 32.6 Å². The van der Waals surface area contributed by atoms with Crippen LogP contribution in [0.2, 0.25) is 5.02 Å². The number of aromatic hydroxyl groups is 1. The van der Waals surface area contributed by atoms with Crippen LogP contribution in [0.5, 0.6) is 5.75 Å². The SMILES string of the molecule is CN=C1CC[C@@H](c2ccc(O)c(Cl)c2)c2ccccc21.[Y]. The van der Waals surface area contributed by atoms with Crippen LogP contribution >= 0.6 is 11.6 Å². The quantitative estimate of drug-likeness (QED) is 0.789. The van der Waals surface area contributed by atoms with Crippen molar-refractivity contribution in [3.63, 3.8) is 0 Å². The normalized spacial score (nSPS) is 19.0. The van der Waals surface area contributed by atoms with Crippen molar-refractivity contribution in [3.05, 3.63) is 64.2 Å². The average molecular weight is 375 g/mol. The Morgan fingerprint density at radius 1 is 1.19 bits per heavy atom. The molecule has 21 heavy (non-hydrogen) atoms. The number of aliphatic imine (C=N–C) groups is 1. The summed E-state index contributed by atoms with van der Waals surface area (Å²) in [6, 6.07) is 13.9. The minimum Gasteiger partial charge on any atom is -0.506 e. The largest absolute Gasteiger partial charge is 0.506 e. The maximum absolute atomic E-state index is 9.57. The summed E-state index contributed by atoms with van der Waals surface area (Å²) in [7, 11) is 1.85. The molecule has 4 heteroatoms. The zero-order valence-corrected chi connectivity index (χ0v) is 15.5. The number of nitrogens with zero attached hydrogens (tertiary/aromatic N) is 1. The fourth-order valence-corrected chi connectivity index (χ4v) is 3.14. The van der Waals surface area contributed by atoms with Gasteiger partial charge < -0.3 is 5.11 Å². The van der Waals surface area contributed by atoms with Crippen molar-refractivity contribution in [2.45, 2.75) is 18.8 Å². The van der Waals surface area contributed by atoms with Gasteiger partial charge in [0.1, 0.15) is 5.75 Å². The van der Waals surface area contributed by atoms with Gasteiger partial charge in [-0.15, -0.1) is 0 Å². The van der Waals surface area contributed by atoms with Crippen LogP contribution in [0, 0.1) is 0 Å². The summed E-state index contributed by atoms with van der Waals surface area (Å²) >= 11 is 6.04. The number of halogens is 1. The van der Waals surface area contributed by atoms with E-state index in [0.29, 0.717) is 10.9 Å². The molecular formula is C17H16ClNOY. The van der Waals surface area contributed by atoms with Crippen LogP contribution in [0.1, 0.15) is 35.4 Å². The first kappa shape index (κ1) is 16.7. The molecule has 1 aliphatic carbocycles. The fraction of sp³-hybridized carbons (Fsp3) is 0.235. The molecule has 0 heterocycles. The first-order valence-electron chi connectivity index (χ1n) is 6.74. The third-order valence-electron chi connectivity index (χ3n) is 3.96. The number of phenols is 1. The van der Waals surface area contributed by atoms with E-state index in [-0.39, 0.29) is 38.5 Å². The second-order valence-corrected chi connectivity index (χ2v) is 5.47. The van der Waals surface area contributed by atoms with Crippen LogP contribution in [0.25, 0.3) is 0 Å². The summed E-state index contributed by atoms with van der Waals surface area (Å²) in [5, 5.41) is 9.98. The van der Waals surface area contributed by atoms with Crippen LogP contribution in [0.3, 0.4) is 0 Å². The zero-order valence-electron chi connectivity index (χ0n) is 11.9. The van der Waals surface area contributed by atoms with Crippen molar-refractivity contribution in [2.24, 2.45) is 4.99 Å². The Labute approximate surface area is 155 Å². The minimum atomic E-state index is 0. The van der Waals surface area contributed by atoms with E-state index in [4.69, 9.17) is 11.6 Å². The third-order valence-corrected chi connectivity index (χ3v) is 4.26. The molecule has 1 N–H and O–H groups in total. The predicted molar refractivity (Wildman–Crippen MR) is 83.1 cm³/mol. The van der Waals surface area contributed by atoms with Crippen LogP contribution in [-0.4, -0.2) is 17.9 Å². The third kappa shape index (κ3) is 3.23. The molecule has 2 nitrogen and oxygen atoms in total. The van der Waals surface area contributed by atoms with Gasteiger partial charge in [-0.25, -0.2) is 0 Å². The van der Waals surface area contributed by atoms with E-state index in [0.717, 1.165) is 18.4 Å². The first-order chi connectivity index (χ1) is 9.70. The maximum atomic E-state index is 9.57. The van der Waals surface area contributed by atoms with E-state index in [1.165, 1.54) is 16.8 Å². The van der Waals surface area contributed by atoms with E-state index >= 15 is 0 Å². The molecule has 0 amide bonds. The van der Waals surface area contributed by atoms with Gasteiger partial charge in [0.2, 0.25) is 0 Å². The Bertz CT molecular complexity index is 684. The number of phenolic OH excluding ortho intramolecular Hbond substituents is 1. The number of fused-ring (bicyclic) bond motifs is 1. The summed E-state index contributed by atoms with van der Waals surface area (Å²) in [4.78, 5) is 4.40. The molecular weight excluding hydrogens is 359 g/mol. The summed E-state index contributed by atoms with van der Waals surface area (Å²) in [5.41, 5.74) is 4.84. The zero-order chi connectivity index (χ0) is 14.1. The average Bonchev–Trinajstić information content (AvgIpc) is 2.49. The summed E-state index contributed by atoms with van der Waals surface area (Å²) in [6.45, 7) is 0. The number of benzene rings is 2. The van der Waals surface area contributed by atoms with Gasteiger partial charge in [0.05, 0.1) is 5.02 Å². The molecule has 1 aliphatic rings. The molecule has 0 bridgehead atoms. The van der Waals surface area contributed by atoms with Crippen molar-refractivity contribution in [3.8, 4) is 5.75 Å². The van der Waals surface area contributed by atoms with Gasteiger partial charge in [0.25, 0.3) is 0 Å². The molecule has 3 rings (SSSR count). The van der Waals surface area contributed by atoms with Crippen molar-refractivity contribution in [1.29, 1.82) is 0 Å². The van der Waals surface area contributed by atoms with Crippen LogP contribution in [0.15, 0.2) is 47.5 Å². The van der Waals surface area contributed by atoms with Crippen molar-refractivity contribution < 1.29 is 37.8 Å². The maximum Gasteiger partial charge on any atom is 0.134 e. The van der Waals surface area contributed by atoms with E-state index in [2.05, 4.69) is 29.3 Å². The van der Waals surface area contributed by atoms with Gasteiger partial charge in [-0.05, 0) is 41.7 Å². The van der Waals surface area contributed by atoms with Gasteiger partial charge in [-0.3, -0.25) is 4.99 Å². The van der Waals surface area contributed by atoms with Crippen LogP contribution < -0.4 is 0 Å². The summed E-state index contributed by atoms with van der Waals surface area (Å²) in [5.74, 6) is 0.449. The number of rotatable bonds is 1. The predicted octanol–water partition coefficient (Wildman–Crippen LogP) is 4.39. The van der Waals surface area contributed by atoms with Gasteiger partial charge in [0.15, 0.2) is 0 Å². The van der Waals surface area contributed by atoms with E-state index in [1.807, 2.05) is 19.2 Å². The van der Waals surface area contributed by atoms with E-state index in [9.17, 15) is 5.11 Å². The molecule has 2 aromatic rings. The molecule has 0 spiro atoms. The second kappa shape index (κ2) is 7.04. The second-order valence-electron chi connectivity index (χ2n) is 5.06. The number of hydrogen-bond acceptors (Lipinski definition) is 2. The van der Waals surface area contributed by atoms with Gasteiger partial charge in [0, 0.05) is 51.4 Å². The smallest absolute Gasteiger partial charge is 0.134 e. The monoisotopic (exact) mass is 374 g/mol. The first-order valence-corrected chi connectivity index (χ1v) is 7.12. The Morgan fingerprint density at radius 3 is 2.67 bits per heavy atom. The standard InChI is InChI=1S/C17H16ClNO.Y/c1-19-16-8-7-12(13-4-2-3-5-14(13)16)11-6-9-17(20)15(18)10-11;/h2-6,9-10,12,20H,7-8H2,1H3;/t12-;/m0./s1. The molecule has 0 unspecified atom stereocenters. The number of hydrogen-bond donors (Lipinski definition) is 1. The summed E-state index contributed by atoms with van der Waals surface area (Å²) < 4.78 is 0. The van der Waals surface area contributed by atoms with Crippen LogP contribution in [-0.2, 0) is 32.7 Å². The van der Waals surface area contributed by atoms with Crippen molar-refractivity contribution >= 4 is 17.3 Å². The Balaban J connectivity index is 0.00000161. The Morgan fingerprint density at radius 2 is 1.95 bits per heavy atom. The van der Waals surface area contributed by atoms with Gasteiger partial charge in [-0.1, -0.05) is 41.9 Å². The molecule has 1 atom stereocenters. The molecule has 1 radical (unpaired) electrons. The van der Waals surface area contributed by atoms with E-state index in [1.54, 1.807) is 6.07 Å². The van der Waals surface area contributed by atoms with Crippen LogP contribution in [0.4, 0.5) is 0 Å². The van der Waals surface area contributed by atoms with Crippen molar-refractivity contribution in [2.75, 3.05) is 7.05 Å².